The molecule has 4 rings (SSSR count). The van der Waals surface area contributed by atoms with Gasteiger partial charge in [0.2, 0.25) is 0 Å². The molecule has 0 radical (unpaired) electrons. The molecular formula is C23H22N2O. The first-order valence-corrected chi connectivity index (χ1v) is 9.03. The van der Waals surface area contributed by atoms with E-state index in [1.807, 2.05) is 34.9 Å². The smallest absolute Gasteiger partial charge is 0.261 e. The number of nitrogens with zero attached hydrogens (tertiary/aromatic N) is 2. The van der Waals surface area contributed by atoms with Gasteiger partial charge < -0.3 is 0 Å². The van der Waals surface area contributed by atoms with E-state index in [0.29, 0.717) is 5.39 Å². The largest absolute Gasteiger partial charge is 0.296 e. The third kappa shape index (κ3) is 3.15. The van der Waals surface area contributed by atoms with Gasteiger partial charge in [-0.2, -0.15) is 0 Å². The van der Waals surface area contributed by atoms with Crippen LogP contribution in [0.5, 0.6) is 0 Å². The molecule has 2 aromatic carbocycles. The van der Waals surface area contributed by atoms with Crippen LogP contribution in [0.4, 0.5) is 0 Å². The molecule has 1 aliphatic rings. The van der Waals surface area contributed by atoms with Crippen molar-refractivity contribution in [1.29, 1.82) is 0 Å². The van der Waals surface area contributed by atoms with E-state index >= 15 is 0 Å². The van der Waals surface area contributed by atoms with E-state index in [1.54, 1.807) is 0 Å². The second-order valence-electron chi connectivity index (χ2n) is 7.93. The van der Waals surface area contributed by atoms with Crippen LogP contribution in [0, 0.1) is 24.2 Å². The van der Waals surface area contributed by atoms with Gasteiger partial charge in [-0.05, 0) is 54.7 Å². The van der Waals surface area contributed by atoms with Gasteiger partial charge in [0.15, 0.2) is 0 Å². The number of benzene rings is 2. The minimum atomic E-state index is 0.0657. The molecule has 0 bridgehead atoms. The maximum Gasteiger partial charge on any atom is 0.261 e. The normalized spacial score (nSPS) is 15.2. The lowest BCUT2D eigenvalue weighted by atomic mass is 9.85. The number of hydrogen-bond donors (Lipinski definition) is 0. The third-order valence-corrected chi connectivity index (χ3v) is 5.02. The van der Waals surface area contributed by atoms with E-state index in [4.69, 9.17) is 4.98 Å². The van der Waals surface area contributed by atoms with E-state index < -0.39 is 0 Å². The number of fused-ring (bicyclic) bond motifs is 2. The summed E-state index contributed by atoms with van der Waals surface area (Å²) in [5, 5.41) is 0.674. The van der Waals surface area contributed by atoms with Crippen LogP contribution in [0.1, 0.15) is 42.8 Å². The monoisotopic (exact) mass is 342 g/mol. The highest BCUT2D eigenvalue weighted by atomic mass is 16.1. The van der Waals surface area contributed by atoms with Crippen molar-refractivity contribution in [1.82, 2.24) is 9.55 Å². The topological polar surface area (TPSA) is 34.9 Å². The van der Waals surface area contributed by atoms with E-state index in [0.717, 1.165) is 41.9 Å². The first-order valence-electron chi connectivity index (χ1n) is 9.03. The number of aromatic nitrogens is 2. The molecule has 0 saturated carbocycles. The van der Waals surface area contributed by atoms with Crippen LogP contribution in [0.2, 0.25) is 0 Å². The van der Waals surface area contributed by atoms with Gasteiger partial charge in [-0.25, -0.2) is 4.98 Å². The lowest BCUT2D eigenvalue weighted by molar-refractivity contribution is 0.240. The zero-order chi connectivity index (χ0) is 18.3. The van der Waals surface area contributed by atoms with Crippen LogP contribution in [0.25, 0.3) is 10.9 Å². The van der Waals surface area contributed by atoms with Crippen molar-refractivity contribution in [2.75, 3.05) is 0 Å². The summed E-state index contributed by atoms with van der Waals surface area (Å²) in [5.41, 5.74) is 4.02. The molecule has 3 aromatic rings. The van der Waals surface area contributed by atoms with Crippen molar-refractivity contribution in [2.24, 2.45) is 5.41 Å². The molecule has 0 aliphatic carbocycles. The molecule has 1 aromatic heterocycles. The van der Waals surface area contributed by atoms with Gasteiger partial charge in [-0.15, -0.1) is 0 Å². The van der Waals surface area contributed by atoms with Crippen molar-refractivity contribution in [2.45, 2.75) is 40.2 Å². The molecule has 130 valence electrons. The fourth-order valence-electron chi connectivity index (χ4n) is 3.52. The average molecular weight is 342 g/mol. The Morgan fingerprint density at radius 3 is 2.62 bits per heavy atom. The Labute approximate surface area is 153 Å². The highest BCUT2D eigenvalue weighted by Gasteiger charge is 2.27. The Morgan fingerprint density at radius 1 is 1.08 bits per heavy atom. The van der Waals surface area contributed by atoms with Crippen molar-refractivity contribution in [3.8, 4) is 11.8 Å². The molecule has 3 nitrogen and oxygen atoms in total. The van der Waals surface area contributed by atoms with Gasteiger partial charge >= 0.3 is 0 Å². The SMILES string of the molecule is Cc1cccc(C#Cc2ccc3c(=O)n4c(nc3c2)CCC(C)(C)C4)c1. The summed E-state index contributed by atoms with van der Waals surface area (Å²) in [4.78, 5) is 17.6. The molecule has 3 heteroatoms. The van der Waals surface area contributed by atoms with Crippen LogP contribution in [-0.2, 0) is 13.0 Å². The number of aryl methyl sites for hydroxylation is 2. The molecular weight excluding hydrogens is 320 g/mol. The Bertz CT molecular complexity index is 1130. The summed E-state index contributed by atoms with van der Waals surface area (Å²) < 4.78 is 1.85. The van der Waals surface area contributed by atoms with Crippen molar-refractivity contribution in [3.63, 3.8) is 0 Å². The Morgan fingerprint density at radius 2 is 1.85 bits per heavy atom. The molecule has 0 spiro atoms. The molecule has 0 saturated heterocycles. The molecule has 1 aliphatic heterocycles. The lowest BCUT2D eigenvalue weighted by Gasteiger charge is -2.31. The van der Waals surface area contributed by atoms with Crippen molar-refractivity contribution >= 4 is 10.9 Å². The number of rotatable bonds is 0. The van der Waals surface area contributed by atoms with Gasteiger partial charge in [0.1, 0.15) is 5.82 Å². The molecule has 26 heavy (non-hydrogen) atoms. The summed E-state index contributed by atoms with van der Waals surface area (Å²) in [6.45, 7) is 7.20. The summed E-state index contributed by atoms with van der Waals surface area (Å²) in [7, 11) is 0. The first-order chi connectivity index (χ1) is 12.4. The lowest BCUT2D eigenvalue weighted by Crippen LogP contribution is -2.36. The maximum absolute atomic E-state index is 12.9. The Balaban J connectivity index is 1.76. The zero-order valence-corrected chi connectivity index (χ0v) is 15.5. The fourth-order valence-corrected chi connectivity index (χ4v) is 3.52. The second-order valence-corrected chi connectivity index (χ2v) is 7.93. The summed E-state index contributed by atoms with van der Waals surface area (Å²) in [6, 6.07) is 13.8. The van der Waals surface area contributed by atoms with Gasteiger partial charge in [0.05, 0.1) is 10.9 Å². The Kier molecular flexibility index (Phi) is 3.92. The standard InChI is InChI=1S/C23H22N2O/c1-16-5-4-6-17(13-16)7-8-18-9-10-19-20(14-18)24-21-11-12-23(2,3)15-25(21)22(19)26/h4-6,9-10,13-14H,11-12,15H2,1-3H3. The predicted molar refractivity (Wildman–Crippen MR) is 105 cm³/mol. The van der Waals surface area contributed by atoms with Gasteiger partial charge in [-0.1, -0.05) is 37.8 Å². The van der Waals surface area contributed by atoms with Crippen LogP contribution < -0.4 is 5.56 Å². The van der Waals surface area contributed by atoms with Crippen molar-refractivity contribution < 1.29 is 0 Å². The van der Waals surface area contributed by atoms with Gasteiger partial charge in [0, 0.05) is 24.1 Å². The third-order valence-electron chi connectivity index (χ3n) is 5.02. The zero-order valence-electron chi connectivity index (χ0n) is 15.5. The summed E-state index contributed by atoms with van der Waals surface area (Å²) in [6.07, 6.45) is 1.90. The minimum absolute atomic E-state index is 0.0657. The maximum atomic E-state index is 12.9. The summed E-state index contributed by atoms with van der Waals surface area (Å²) in [5.74, 6) is 7.28. The second kappa shape index (κ2) is 6.14. The first kappa shape index (κ1) is 16.6. The van der Waals surface area contributed by atoms with Crippen molar-refractivity contribution in [3.05, 3.63) is 75.3 Å². The molecule has 0 amide bonds. The fraction of sp³-hybridized carbons (Fsp3) is 0.304. The molecule has 0 atom stereocenters. The van der Waals surface area contributed by atoms with Crippen LogP contribution >= 0.6 is 0 Å². The van der Waals surface area contributed by atoms with Crippen LogP contribution in [-0.4, -0.2) is 9.55 Å². The van der Waals surface area contributed by atoms with E-state index in [1.165, 1.54) is 5.56 Å². The van der Waals surface area contributed by atoms with Crippen LogP contribution in [0.3, 0.4) is 0 Å². The average Bonchev–Trinajstić information content (AvgIpc) is 2.60. The Hall–Kier alpha value is -2.86. The molecule has 0 unspecified atom stereocenters. The predicted octanol–water partition coefficient (Wildman–Crippen LogP) is 4.08. The van der Waals surface area contributed by atoms with E-state index in [2.05, 4.69) is 44.7 Å². The highest BCUT2D eigenvalue weighted by Crippen LogP contribution is 2.29. The van der Waals surface area contributed by atoms with Gasteiger partial charge in [-0.3, -0.25) is 9.36 Å². The highest BCUT2D eigenvalue weighted by molar-refractivity contribution is 5.79. The minimum Gasteiger partial charge on any atom is -0.296 e. The quantitative estimate of drug-likeness (QED) is 0.577. The molecule has 2 heterocycles. The summed E-state index contributed by atoms with van der Waals surface area (Å²) >= 11 is 0. The van der Waals surface area contributed by atoms with Gasteiger partial charge in [0.25, 0.3) is 5.56 Å². The van der Waals surface area contributed by atoms with E-state index in [-0.39, 0.29) is 11.0 Å². The molecule has 0 fully saturated rings. The van der Waals surface area contributed by atoms with Crippen LogP contribution in [0.15, 0.2) is 47.3 Å². The van der Waals surface area contributed by atoms with E-state index in [9.17, 15) is 4.79 Å². The number of hydrogen-bond acceptors (Lipinski definition) is 2. The molecule has 0 N–H and O–H groups in total.